The van der Waals surface area contributed by atoms with Crippen LogP contribution in [0, 0.1) is 0 Å². The Hall–Kier alpha value is -0.970. The SMILES string of the molecule is CCCCCCCCCCCCCCCCCCOCC(C[S+]([O-])CCCCCOCCCCC[n+]1ccsc1)Oc1ncccn1.[Cl-]. The molecule has 0 aliphatic carbocycles. The van der Waals surface area contributed by atoms with Gasteiger partial charge in [0.05, 0.1) is 12.0 Å². The number of ether oxygens (including phenoxy) is 3. The first-order valence-corrected chi connectivity index (χ1v) is 21.6. The van der Waals surface area contributed by atoms with Gasteiger partial charge in [0.25, 0.3) is 0 Å². The lowest BCUT2D eigenvalue weighted by atomic mass is 10.0. The van der Waals surface area contributed by atoms with Gasteiger partial charge in [0, 0.05) is 38.6 Å². The van der Waals surface area contributed by atoms with Crippen molar-refractivity contribution in [2.24, 2.45) is 0 Å². The number of nitrogens with zero attached hydrogens (tertiary/aromatic N) is 3. The van der Waals surface area contributed by atoms with Crippen molar-refractivity contribution in [3.8, 4) is 6.01 Å². The Balaban J connectivity index is 0.0000115. The minimum atomic E-state index is -0.971. The zero-order valence-electron chi connectivity index (χ0n) is 30.2. The van der Waals surface area contributed by atoms with Crippen molar-refractivity contribution in [2.45, 2.75) is 161 Å². The number of thiazole rings is 1. The molecule has 0 radical (unpaired) electrons. The highest BCUT2D eigenvalue weighted by molar-refractivity contribution is 7.91. The van der Waals surface area contributed by atoms with Crippen molar-refractivity contribution < 1.29 is 35.7 Å². The van der Waals surface area contributed by atoms with Crippen LogP contribution in [0.1, 0.15) is 148 Å². The zero-order chi connectivity index (χ0) is 33.3. The molecule has 2 unspecified atom stereocenters. The number of hydrogen-bond donors (Lipinski definition) is 0. The van der Waals surface area contributed by atoms with Crippen molar-refractivity contribution in [3.63, 3.8) is 0 Å². The Morgan fingerprint density at radius 2 is 1.23 bits per heavy atom. The monoisotopic (exact) mass is 729 g/mol. The average molecular weight is 731 g/mol. The first kappa shape index (κ1) is 45.1. The Labute approximate surface area is 307 Å². The van der Waals surface area contributed by atoms with Gasteiger partial charge in [0.1, 0.15) is 18.1 Å². The lowest BCUT2D eigenvalue weighted by Crippen LogP contribution is -3.00. The summed E-state index contributed by atoms with van der Waals surface area (Å²) in [5.74, 6) is 1.12. The molecule has 0 bridgehead atoms. The van der Waals surface area contributed by atoms with Gasteiger partial charge in [0.2, 0.25) is 5.51 Å². The first-order chi connectivity index (χ1) is 23.3. The molecule has 278 valence electrons. The predicted molar refractivity (Wildman–Crippen MR) is 198 cm³/mol. The molecule has 2 rings (SSSR count). The van der Waals surface area contributed by atoms with Gasteiger partial charge in [0.15, 0.2) is 12.3 Å². The molecule has 0 amide bonds. The molecule has 10 heteroatoms. The van der Waals surface area contributed by atoms with Gasteiger partial charge in [-0.25, -0.2) is 9.97 Å². The summed E-state index contributed by atoms with van der Waals surface area (Å²) < 4.78 is 32.9. The summed E-state index contributed by atoms with van der Waals surface area (Å²) >= 11 is 0.767. The van der Waals surface area contributed by atoms with E-state index in [1.54, 1.807) is 29.8 Å². The van der Waals surface area contributed by atoms with Crippen LogP contribution in [-0.4, -0.2) is 58.6 Å². The van der Waals surface area contributed by atoms with Gasteiger partial charge in [-0.1, -0.05) is 115 Å². The van der Waals surface area contributed by atoms with Crippen molar-refractivity contribution in [1.82, 2.24) is 9.97 Å². The van der Waals surface area contributed by atoms with Gasteiger partial charge < -0.3 is 31.2 Å². The highest BCUT2D eigenvalue weighted by Crippen LogP contribution is 2.14. The van der Waals surface area contributed by atoms with Gasteiger partial charge >= 0.3 is 6.01 Å². The molecule has 0 spiro atoms. The van der Waals surface area contributed by atoms with E-state index < -0.39 is 11.2 Å². The number of unbranched alkanes of at least 4 members (excludes halogenated alkanes) is 19. The molecule has 0 aliphatic heterocycles. The van der Waals surface area contributed by atoms with Crippen LogP contribution in [-0.2, 0) is 27.2 Å². The maximum Gasteiger partial charge on any atom is 0.316 e. The summed E-state index contributed by atoms with van der Waals surface area (Å²) in [4.78, 5) is 8.38. The van der Waals surface area contributed by atoms with Crippen LogP contribution in [0.25, 0.3) is 0 Å². The van der Waals surface area contributed by atoms with Crippen molar-refractivity contribution >= 4 is 22.5 Å². The summed E-state index contributed by atoms with van der Waals surface area (Å²) in [5, 5.41) is 2.11. The summed E-state index contributed by atoms with van der Waals surface area (Å²) in [7, 11) is 0. The summed E-state index contributed by atoms with van der Waals surface area (Å²) in [6, 6.07) is 2.09. The minimum Gasteiger partial charge on any atom is -1.00 e. The fraction of sp³-hybridized carbons (Fsp3) is 0.816. The molecule has 0 aliphatic rings. The first-order valence-electron chi connectivity index (χ1n) is 19.1. The average Bonchev–Trinajstić information content (AvgIpc) is 3.61. The number of rotatable bonds is 35. The molecule has 2 aromatic heterocycles. The molecule has 0 saturated carbocycles. The summed E-state index contributed by atoms with van der Waals surface area (Å²) in [6.45, 7) is 6.14. The van der Waals surface area contributed by atoms with E-state index in [0.717, 1.165) is 51.9 Å². The quantitative estimate of drug-likeness (QED) is 0.0449. The predicted octanol–water partition coefficient (Wildman–Crippen LogP) is 6.66. The van der Waals surface area contributed by atoms with Crippen LogP contribution in [0.2, 0.25) is 0 Å². The molecule has 7 nitrogen and oxygen atoms in total. The molecule has 2 heterocycles. The number of hydrogen-bond acceptors (Lipinski definition) is 7. The van der Waals surface area contributed by atoms with Crippen LogP contribution < -0.4 is 21.7 Å². The maximum absolute atomic E-state index is 12.9. The molecular formula is C38H68ClN3O4S2. The van der Waals surface area contributed by atoms with E-state index >= 15 is 0 Å². The van der Waals surface area contributed by atoms with Crippen LogP contribution in [0.15, 0.2) is 35.5 Å². The second kappa shape index (κ2) is 34.5. The molecule has 0 fully saturated rings. The van der Waals surface area contributed by atoms with Crippen molar-refractivity contribution in [3.05, 3.63) is 35.5 Å². The lowest BCUT2D eigenvalue weighted by Gasteiger charge is -2.20. The Bertz CT molecular complexity index is 901. The maximum atomic E-state index is 12.9. The van der Waals surface area contributed by atoms with Crippen LogP contribution >= 0.6 is 11.3 Å². The fourth-order valence-corrected chi connectivity index (χ4v) is 7.58. The van der Waals surface area contributed by atoms with Gasteiger partial charge in [-0.2, -0.15) is 4.57 Å². The third kappa shape index (κ3) is 27.8. The van der Waals surface area contributed by atoms with Crippen molar-refractivity contribution in [2.75, 3.05) is 37.9 Å². The van der Waals surface area contributed by atoms with E-state index in [1.165, 1.54) is 109 Å². The summed E-state index contributed by atoms with van der Waals surface area (Å²) in [5.41, 5.74) is 2.16. The Kier molecular flexibility index (Phi) is 32.4. The number of aryl methyl sites for hydroxylation is 1. The third-order valence-corrected chi connectivity index (χ3v) is 10.7. The molecular weight excluding hydrogens is 662 g/mol. The lowest BCUT2D eigenvalue weighted by molar-refractivity contribution is -0.692. The van der Waals surface area contributed by atoms with Crippen LogP contribution in [0.3, 0.4) is 0 Å². The molecule has 48 heavy (non-hydrogen) atoms. The highest BCUT2D eigenvalue weighted by atomic mass is 35.5. The van der Waals surface area contributed by atoms with Crippen LogP contribution in [0.5, 0.6) is 6.01 Å². The second-order valence-electron chi connectivity index (χ2n) is 13.0. The zero-order valence-corrected chi connectivity index (χ0v) is 32.6. The highest BCUT2D eigenvalue weighted by Gasteiger charge is 2.20. The molecule has 0 N–H and O–H groups in total. The molecule has 2 atom stereocenters. The molecule has 0 aromatic carbocycles. The Morgan fingerprint density at radius 3 is 1.79 bits per heavy atom. The largest absolute Gasteiger partial charge is 1.00 e. The topological polar surface area (TPSA) is 80.4 Å². The second-order valence-corrected chi connectivity index (χ2v) is 15.3. The van der Waals surface area contributed by atoms with E-state index in [4.69, 9.17) is 14.2 Å². The van der Waals surface area contributed by atoms with Gasteiger partial charge in [-0.15, -0.1) is 0 Å². The van der Waals surface area contributed by atoms with Crippen LogP contribution in [0.4, 0.5) is 0 Å². The minimum absolute atomic E-state index is 0. The van der Waals surface area contributed by atoms with Crippen molar-refractivity contribution in [1.29, 1.82) is 0 Å². The van der Waals surface area contributed by atoms with Gasteiger partial charge in [-0.05, 0) is 55.8 Å². The van der Waals surface area contributed by atoms with E-state index in [0.29, 0.717) is 30.7 Å². The van der Waals surface area contributed by atoms with E-state index in [-0.39, 0.29) is 18.5 Å². The van der Waals surface area contributed by atoms with Gasteiger partial charge in [-0.3, -0.25) is 0 Å². The Morgan fingerprint density at radius 1 is 0.708 bits per heavy atom. The van der Waals surface area contributed by atoms with E-state index in [2.05, 4.69) is 38.5 Å². The standard InChI is InChI=1S/C38H68N3O4S2.ClH/c1-2-3-4-5-6-7-8-9-10-11-12-13-14-15-16-20-31-44-34-37(45-38-39-25-24-26-40-38)35-47(42)33-23-18-22-30-43-29-21-17-19-27-41-28-32-46-36-41;/h24-26,28,32,36-37H,2-23,27,29-31,33-35H2,1H3;1H/q+1;/p-1. The molecule has 0 saturated heterocycles. The number of aromatic nitrogens is 3. The number of halogens is 1. The fourth-order valence-electron chi connectivity index (χ4n) is 5.68. The summed E-state index contributed by atoms with van der Waals surface area (Å²) in [6.07, 6.45) is 33.4. The van der Waals surface area contributed by atoms with E-state index in [9.17, 15) is 4.55 Å². The smallest absolute Gasteiger partial charge is 0.316 e. The normalized spacial score (nSPS) is 12.5. The third-order valence-electron chi connectivity index (χ3n) is 8.52. The van der Waals surface area contributed by atoms with E-state index in [1.807, 2.05) is 0 Å². The molecule has 2 aromatic rings.